The van der Waals surface area contributed by atoms with E-state index in [9.17, 15) is 22.7 Å². The summed E-state index contributed by atoms with van der Waals surface area (Å²) in [5.74, 6) is -0.720. The molecule has 0 amide bonds. The molecule has 0 bridgehead atoms. The summed E-state index contributed by atoms with van der Waals surface area (Å²) in [4.78, 5) is 6.72. The molecule has 0 saturated carbocycles. The number of alkyl halides is 3. The lowest BCUT2D eigenvalue weighted by atomic mass is 10.1. The second-order valence-corrected chi connectivity index (χ2v) is 7.09. The molecule has 5 nitrogen and oxygen atoms in total. The van der Waals surface area contributed by atoms with Gasteiger partial charge in [0.1, 0.15) is 5.82 Å². The number of ether oxygens (including phenoxy) is 1. The van der Waals surface area contributed by atoms with Crippen molar-refractivity contribution in [2.45, 2.75) is 25.1 Å². The van der Waals surface area contributed by atoms with E-state index in [0.717, 1.165) is 6.07 Å². The second kappa shape index (κ2) is 7.98. The highest BCUT2D eigenvalue weighted by Crippen LogP contribution is 2.38. The highest BCUT2D eigenvalue weighted by molar-refractivity contribution is 6.02. The van der Waals surface area contributed by atoms with Crippen LogP contribution in [-0.4, -0.2) is 35.6 Å². The lowest BCUT2D eigenvalue weighted by Gasteiger charge is -2.26. The molecule has 1 aromatic heterocycles. The fraction of sp³-hybridized carbons (Fsp3) is 0.286. The van der Waals surface area contributed by atoms with Gasteiger partial charge in [-0.05, 0) is 49.2 Å². The Morgan fingerprint density at radius 2 is 1.90 bits per heavy atom. The number of aromatic hydroxyl groups is 1. The van der Waals surface area contributed by atoms with E-state index >= 15 is 0 Å². The van der Waals surface area contributed by atoms with E-state index in [4.69, 9.17) is 4.74 Å². The Morgan fingerprint density at radius 3 is 2.63 bits per heavy atom. The molecule has 9 heteroatoms. The topological polar surface area (TPSA) is 69.6 Å². The average molecular weight is 421 g/mol. The lowest BCUT2D eigenvalue weighted by molar-refractivity contribution is -0.136. The number of H-pyrrole nitrogens is 1. The molecule has 2 aromatic carbocycles. The second-order valence-electron chi connectivity index (χ2n) is 7.09. The van der Waals surface area contributed by atoms with E-state index in [1.165, 1.54) is 36.5 Å². The van der Waals surface area contributed by atoms with Crippen LogP contribution in [0.2, 0.25) is 0 Å². The van der Waals surface area contributed by atoms with Crippen molar-refractivity contribution in [3.05, 3.63) is 53.3 Å². The van der Waals surface area contributed by atoms with Crippen LogP contribution < -0.4 is 5.32 Å². The first-order valence-corrected chi connectivity index (χ1v) is 9.41. The third kappa shape index (κ3) is 4.25. The summed E-state index contributed by atoms with van der Waals surface area (Å²) in [6.45, 7) is 1.03. The Hall–Kier alpha value is -3.07. The quantitative estimate of drug-likeness (QED) is 0.392. The van der Waals surface area contributed by atoms with Crippen LogP contribution in [-0.2, 0) is 10.9 Å². The molecular weight excluding hydrogens is 402 g/mol. The predicted octanol–water partition coefficient (Wildman–Crippen LogP) is 5.37. The van der Waals surface area contributed by atoms with Crippen molar-refractivity contribution in [1.29, 1.82) is 0 Å². The Balaban J connectivity index is 1.64. The summed E-state index contributed by atoms with van der Waals surface area (Å²) in [5.41, 5.74) is -0.104. The van der Waals surface area contributed by atoms with Crippen LogP contribution in [0.15, 0.2) is 41.4 Å². The van der Waals surface area contributed by atoms with Gasteiger partial charge in [0.25, 0.3) is 0 Å². The first kappa shape index (κ1) is 20.2. The van der Waals surface area contributed by atoms with Crippen molar-refractivity contribution < 1.29 is 27.4 Å². The number of benzene rings is 2. The maximum Gasteiger partial charge on any atom is 0.418 e. The number of nitrogens with zero attached hydrogens (tertiary/aromatic N) is 1. The van der Waals surface area contributed by atoms with Crippen LogP contribution in [0.3, 0.4) is 0 Å². The molecule has 0 atom stereocenters. The van der Waals surface area contributed by atoms with Crippen molar-refractivity contribution >= 4 is 28.5 Å². The summed E-state index contributed by atoms with van der Waals surface area (Å²) in [7, 11) is 0. The highest BCUT2D eigenvalue weighted by atomic mass is 19.4. The van der Waals surface area contributed by atoms with E-state index in [0.29, 0.717) is 37.0 Å². The first-order chi connectivity index (χ1) is 14.3. The van der Waals surface area contributed by atoms with Crippen LogP contribution in [0.1, 0.15) is 24.0 Å². The molecule has 4 rings (SSSR count). The van der Waals surface area contributed by atoms with Gasteiger partial charge >= 0.3 is 6.18 Å². The molecular formula is C21H19F4N3O2. The van der Waals surface area contributed by atoms with Crippen molar-refractivity contribution in [2.24, 2.45) is 4.99 Å². The van der Waals surface area contributed by atoms with Gasteiger partial charge < -0.3 is 20.1 Å². The van der Waals surface area contributed by atoms with Crippen molar-refractivity contribution in [1.82, 2.24) is 4.98 Å². The summed E-state index contributed by atoms with van der Waals surface area (Å²) in [6, 6.07) is 7.61. The van der Waals surface area contributed by atoms with Crippen LogP contribution in [0.25, 0.3) is 10.9 Å². The average Bonchev–Trinajstić information content (AvgIpc) is 3.01. The molecule has 1 aliphatic heterocycles. The Kier molecular flexibility index (Phi) is 5.38. The minimum absolute atomic E-state index is 0.00114. The number of aromatic nitrogens is 1. The normalized spacial score (nSPS) is 15.9. The predicted molar refractivity (Wildman–Crippen MR) is 106 cm³/mol. The Labute approximate surface area is 169 Å². The maximum atomic E-state index is 13.6. The van der Waals surface area contributed by atoms with Gasteiger partial charge in [-0.2, -0.15) is 13.2 Å². The number of nitrogens with one attached hydrogen (secondary N) is 2. The maximum absolute atomic E-state index is 13.6. The number of halogens is 4. The number of hydrogen-bond donors (Lipinski definition) is 3. The summed E-state index contributed by atoms with van der Waals surface area (Å²) >= 11 is 0. The van der Waals surface area contributed by atoms with Gasteiger partial charge in [-0.1, -0.05) is 0 Å². The standard InChI is InChI=1S/C21H19F4N3O2/c22-12-1-3-15-16(20(29)28-19(15)9-12)11-26-14-2-4-18(17(10-14)21(23,24)25)27-13-5-7-30-8-6-13/h1-4,9-11,13,27-29H,5-8H2. The molecule has 1 saturated heterocycles. The third-order valence-corrected chi connectivity index (χ3v) is 5.01. The summed E-state index contributed by atoms with van der Waals surface area (Å²) < 4.78 is 59.4. The molecule has 158 valence electrons. The van der Waals surface area contributed by atoms with E-state index in [1.54, 1.807) is 0 Å². The van der Waals surface area contributed by atoms with Gasteiger partial charge in [0.15, 0.2) is 5.88 Å². The van der Waals surface area contributed by atoms with Gasteiger partial charge in [0.05, 0.1) is 22.3 Å². The zero-order valence-electron chi connectivity index (χ0n) is 15.8. The number of rotatable bonds is 4. The molecule has 0 unspecified atom stereocenters. The van der Waals surface area contributed by atoms with E-state index in [1.807, 2.05) is 0 Å². The monoisotopic (exact) mass is 421 g/mol. The van der Waals surface area contributed by atoms with Crippen LogP contribution >= 0.6 is 0 Å². The van der Waals surface area contributed by atoms with Crippen LogP contribution in [0, 0.1) is 5.82 Å². The number of fused-ring (bicyclic) bond motifs is 1. The third-order valence-electron chi connectivity index (χ3n) is 5.01. The number of aliphatic imine (C=N–C) groups is 1. The van der Waals surface area contributed by atoms with E-state index in [-0.39, 0.29) is 28.9 Å². The minimum Gasteiger partial charge on any atom is -0.494 e. The van der Waals surface area contributed by atoms with E-state index < -0.39 is 17.6 Å². The minimum atomic E-state index is -4.56. The first-order valence-electron chi connectivity index (χ1n) is 9.41. The zero-order valence-corrected chi connectivity index (χ0v) is 15.8. The van der Waals surface area contributed by atoms with Crippen LogP contribution in [0.4, 0.5) is 28.9 Å². The fourth-order valence-electron chi connectivity index (χ4n) is 3.48. The summed E-state index contributed by atoms with van der Waals surface area (Å²) in [6.07, 6.45) is -2.03. The number of anilines is 1. The molecule has 1 aliphatic rings. The van der Waals surface area contributed by atoms with Crippen molar-refractivity contribution in [2.75, 3.05) is 18.5 Å². The molecule has 3 N–H and O–H groups in total. The SMILES string of the molecule is Oc1[nH]c2cc(F)ccc2c1C=Nc1ccc(NC2CCOCC2)c(C(F)(F)F)c1. The lowest BCUT2D eigenvalue weighted by Crippen LogP contribution is -2.28. The van der Waals surface area contributed by atoms with Gasteiger partial charge in [-0.3, -0.25) is 4.99 Å². The molecule has 0 spiro atoms. The van der Waals surface area contributed by atoms with Crippen LogP contribution in [0.5, 0.6) is 5.88 Å². The van der Waals surface area contributed by atoms with Gasteiger partial charge in [0.2, 0.25) is 0 Å². The molecule has 0 aliphatic carbocycles. The fourth-order valence-corrected chi connectivity index (χ4v) is 3.48. The van der Waals surface area contributed by atoms with E-state index in [2.05, 4.69) is 15.3 Å². The smallest absolute Gasteiger partial charge is 0.418 e. The van der Waals surface area contributed by atoms with Crippen molar-refractivity contribution in [3.8, 4) is 5.88 Å². The molecule has 2 heterocycles. The number of hydrogen-bond acceptors (Lipinski definition) is 4. The summed E-state index contributed by atoms with van der Waals surface area (Å²) in [5, 5.41) is 13.5. The largest absolute Gasteiger partial charge is 0.494 e. The molecule has 3 aromatic rings. The van der Waals surface area contributed by atoms with Crippen molar-refractivity contribution in [3.63, 3.8) is 0 Å². The molecule has 0 radical (unpaired) electrons. The molecule has 30 heavy (non-hydrogen) atoms. The molecule has 1 fully saturated rings. The number of aromatic amines is 1. The van der Waals surface area contributed by atoms with Gasteiger partial charge in [-0.15, -0.1) is 0 Å². The Bertz CT molecular complexity index is 1090. The van der Waals surface area contributed by atoms with Gasteiger partial charge in [0, 0.05) is 36.5 Å². The Morgan fingerprint density at radius 1 is 1.13 bits per heavy atom. The zero-order chi connectivity index (χ0) is 21.3. The highest BCUT2D eigenvalue weighted by Gasteiger charge is 2.34. The van der Waals surface area contributed by atoms with Gasteiger partial charge in [-0.25, -0.2) is 4.39 Å².